The molecule has 2 amide bonds. The zero-order valence-electron chi connectivity index (χ0n) is 20.3. The molecule has 0 bridgehead atoms. The molecule has 0 radical (unpaired) electrons. The Morgan fingerprint density at radius 3 is 2.00 bits per heavy atom. The summed E-state index contributed by atoms with van der Waals surface area (Å²) in [6.07, 6.45) is 3.52. The number of carbonyl (C=O) groups is 2. The van der Waals surface area contributed by atoms with Gasteiger partial charge in [0.25, 0.3) is 0 Å². The molecule has 6 nitrogen and oxygen atoms in total. The molecule has 0 unspecified atom stereocenters. The second-order valence-corrected chi connectivity index (χ2v) is 9.37. The van der Waals surface area contributed by atoms with Gasteiger partial charge in [0.05, 0.1) is 11.0 Å². The minimum absolute atomic E-state index is 0.325. The Labute approximate surface area is 205 Å². The summed E-state index contributed by atoms with van der Waals surface area (Å²) in [5.41, 5.74) is 4.04. The van der Waals surface area contributed by atoms with Crippen molar-refractivity contribution in [3.05, 3.63) is 83.9 Å². The molecule has 1 aromatic heterocycles. The lowest BCUT2D eigenvalue weighted by atomic mass is 10.0. The van der Waals surface area contributed by atoms with Crippen LogP contribution in [0.2, 0.25) is 0 Å². The molecule has 3 aromatic carbocycles. The van der Waals surface area contributed by atoms with Crippen LogP contribution < -0.4 is 10.6 Å². The van der Waals surface area contributed by atoms with E-state index in [4.69, 9.17) is 9.72 Å². The number of benzene rings is 3. The first kappa shape index (κ1) is 24.0. The Hall–Kier alpha value is -4.19. The lowest BCUT2D eigenvalue weighted by Crippen LogP contribution is -2.43. The van der Waals surface area contributed by atoms with Gasteiger partial charge in [-0.15, -0.1) is 0 Å². The minimum atomic E-state index is -0.738. The molecule has 1 heterocycles. The standard InChI is InChI=1S/C29H29N3O3/c1-19(30-28(34)35-29(2,3)4)27(33)31-21-16-13-20(14-17-21)15-18-22-23-9-5-7-11-25(23)32-26-12-8-6-10-24(22)26/h5-19H,1-4H3,(H,30,34)(H,31,33)/t19-/m0/s1. The largest absolute Gasteiger partial charge is 0.444 e. The minimum Gasteiger partial charge on any atom is -0.444 e. The Morgan fingerprint density at radius 1 is 0.857 bits per heavy atom. The molecule has 0 fully saturated rings. The van der Waals surface area contributed by atoms with Gasteiger partial charge in [-0.2, -0.15) is 0 Å². The summed E-state index contributed by atoms with van der Waals surface area (Å²) < 4.78 is 5.20. The zero-order valence-corrected chi connectivity index (χ0v) is 20.3. The maximum absolute atomic E-state index is 12.5. The number of anilines is 1. The maximum Gasteiger partial charge on any atom is 0.408 e. The molecular formula is C29H29N3O3. The van der Waals surface area contributed by atoms with Crippen molar-refractivity contribution in [3.8, 4) is 0 Å². The van der Waals surface area contributed by atoms with Crippen molar-refractivity contribution in [3.63, 3.8) is 0 Å². The van der Waals surface area contributed by atoms with Gasteiger partial charge in [-0.1, -0.05) is 60.7 Å². The monoisotopic (exact) mass is 467 g/mol. The highest BCUT2D eigenvalue weighted by atomic mass is 16.6. The van der Waals surface area contributed by atoms with Crippen molar-refractivity contribution < 1.29 is 14.3 Å². The molecule has 4 aromatic rings. The smallest absolute Gasteiger partial charge is 0.408 e. The van der Waals surface area contributed by atoms with Gasteiger partial charge in [0.1, 0.15) is 11.6 Å². The molecule has 4 rings (SSSR count). The van der Waals surface area contributed by atoms with Crippen LogP contribution in [0.15, 0.2) is 72.8 Å². The van der Waals surface area contributed by atoms with Crippen LogP contribution >= 0.6 is 0 Å². The van der Waals surface area contributed by atoms with E-state index in [2.05, 4.69) is 28.8 Å². The third kappa shape index (κ3) is 6.03. The van der Waals surface area contributed by atoms with Crippen LogP contribution in [0.4, 0.5) is 10.5 Å². The van der Waals surface area contributed by atoms with Crippen molar-refractivity contribution in [1.82, 2.24) is 10.3 Å². The van der Waals surface area contributed by atoms with E-state index in [0.717, 1.165) is 32.9 Å². The van der Waals surface area contributed by atoms with E-state index in [0.29, 0.717) is 5.69 Å². The number of amides is 2. The number of hydrogen-bond donors (Lipinski definition) is 2. The van der Waals surface area contributed by atoms with E-state index in [1.807, 2.05) is 66.7 Å². The van der Waals surface area contributed by atoms with Crippen LogP contribution in [0, 0.1) is 0 Å². The molecule has 0 spiro atoms. The van der Waals surface area contributed by atoms with Gasteiger partial charge in [-0.25, -0.2) is 9.78 Å². The summed E-state index contributed by atoms with van der Waals surface area (Å²) in [6, 6.07) is 23.0. The molecule has 0 saturated heterocycles. The van der Waals surface area contributed by atoms with E-state index in [1.165, 1.54) is 0 Å². The quantitative estimate of drug-likeness (QED) is 0.332. The van der Waals surface area contributed by atoms with Crippen LogP contribution in [0.1, 0.15) is 38.8 Å². The molecule has 35 heavy (non-hydrogen) atoms. The third-order valence-electron chi connectivity index (χ3n) is 5.38. The van der Waals surface area contributed by atoms with Crippen LogP contribution in [-0.2, 0) is 9.53 Å². The first-order valence-electron chi connectivity index (χ1n) is 11.6. The van der Waals surface area contributed by atoms with Gasteiger partial charge in [0.2, 0.25) is 5.91 Å². The van der Waals surface area contributed by atoms with Crippen molar-refractivity contribution in [1.29, 1.82) is 0 Å². The second-order valence-electron chi connectivity index (χ2n) is 9.37. The summed E-state index contributed by atoms with van der Waals surface area (Å²) in [5, 5.41) is 7.55. The average molecular weight is 468 g/mol. The fourth-order valence-corrected chi connectivity index (χ4v) is 3.71. The highest BCUT2D eigenvalue weighted by Crippen LogP contribution is 2.27. The second kappa shape index (κ2) is 9.97. The highest BCUT2D eigenvalue weighted by Gasteiger charge is 2.21. The van der Waals surface area contributed by atoms with Crippen LogP contribution in [0.25, 0.3) is 34.0 Å². The number of carbonyl (C=O) groups excluding carboxylic acids is 2. The number of ether oxygens (including phenoxy) is 1. The average Bonchev–Trinajstić information content (AvgIpc) is 2.81. The van der Waals surface area contributed by atoms with Gasteiger partial charge < -0.3 is 15.4 Å². The fraction of sp³-hybridized carbons (Fsp3) is 0.207. The van der Waals surface area contributed by atoms with Gasteiger partial charge in [-0.05, 0) is 63.1 Å². The summed E-state index contributed by atoms with van der Waals surface area (Å²) in [4.78, 5) is 29.1. The van der Waals surface area contributed by atoms with E-state index in [1.54, 1.807) is 27.7 Å². The van der Waals surface area contributed by atoms with Gasteiger partial charge in [-0.3, -0.25) is 4.79 Å². The Kier molecular flexibility index (Phi) is 6.82. The van der Waals surface area contributed by atoms with Crippen LogP contribution in [-0.4, -0.2) is 28.6 Å². The predicted molar refractivity (Wildman–Crippen MR) is 142 cm³/mol. The molecule has 0 aliphatic carbocycles. The SMILES string of the molecule is C[C@H](NC(=O)OC(C)(C)C)C(=O)Nc1ccc(C=Cc2c3ccccc3nc3ccccc23)cc1. The molecule has 0 aliphatic rings. The summed E-state index contributed by atoms with van der Waals surface area (Å²) in [7, 11) is 0. The number of aromatic nitrogens is 1. The van der Waals surface area contributed by atoms with Crippen LogP contribution in [0.3, 0.4) is 0 Å². The third-order valence-corrected chi connectivity index (χ3v) is 5.38. The first-order chi connectivity index (χ1) is 16.7. The highest BCUT2D eigenvalue weighted by molar-refractivity contribution is 6.04. The van der Waals surface area contributed by atoms with Gasteiger partial charge >= 0.3 is 6.09 Å². The van der Waals surface area contributed by atoms with E-state index < -0.39 is 17.7 Å². The lowest BCUT2D eigenvalue weighted by molar-refractivity contribution is -0.117. The fourth-order valence-electron chi connectivity index (χ4n) is 3.71. The number of pyridine rings is 1. The Morgan fingerprint density at radius 2 is 1.43 bits per heavy atom. The lowest BCUT2D eigenvalue weighted by Gasteiger charge is -2.21. The van der Waals surface area contributed by atoms with Gasteiger partial charge in [0.15, 0.2) is 0 Å². The van der Waals surface area contributed by atoms with Crippen molar-refractivity contribution in [2.75, 3.05) is 5.32 Å². The Bertz CT molecular complexity index is 1350. The van der Waals surface area contributed by atoms with E-state index >= 15 is 0 Å². The number of fused-ring (bicyclic) bond motifs is 2. The molecule has 178 valence electrons. The molecular weight excluding hydrogens is 438 g/mol. The number of nitrogens with zero attached hydrogens (tertiary/aromatic N) is 1. The topological polar surface area (TPSA) is 80.3 Å². The normalized spacial score (nSPS) is 12.6. The molecule has 6 heteroatoms. The van der Waals surface area contributed by atoms with Gasteiger partial charge in [0, 0.05) is 16.5 Å². The summed E-state index contributed by atoms with van der Waals surface area (Å²) >= 11 is 0. The van der Waals surface area contributed by atoms with E-state index in [-0.39, 0.29) is 5.91 Å². The first-order valence-corrected chi connectivity index (χ1v) is 11.6. The molecule has 2 N–H and O–H groups in total. The Balaban J connectivity index is 1.47. The van der Waals surface area contributed by atoms with Crippen molar-refractivity contribution in [2.45, 2.75) is 39.3 Å². The molecule has 1 atom stereocenters. The van der Waals surface area contributed by atoms with E-state index in [9.17, 15) is 9.59 Å². The maximum atomic E-state index is 12.5. The number of alkyl carbamates (subject to hydrolysis) is 1. The molecule has 0 aliphatic heterocycles. The zero-order chi connectivity index (χ0) is 25.0. The summed E-state index contributed by atoms with van der Waals surface area (Å²) in [5.74, 6) is -0.325. The number of nitrogens with one attached hydrogen (secondary N) is 2. The number of rotatable bonds is 5. The predicted octanol–water partition coefficient (Wildman–Crippen LogP) is 6.41. The number of para-hydroxylation sites is 2. The van der Waals surface area contributed by atoms with Crippen molar-refractivity contribution in [2.24, 2.45) is 0 Å². The number of hydrogen-bond acceptors (Lipinski definition) is 4. The van der Waals surface area contributed by atoms with Crippen LogP contribution in [0.5, 0.6) is 0 Å². The molecule has 0 saturated carbocycles. The van der Waals surface area contributed by atoms with Crippen molar-refractivity contribution >= 4 is 51.6 Å². The summed E-state index contributed by atoms with van der Waals surface area (Å²) in [6.45, 7) is 6.92.